The average Bonchev–Trinajstić information content (AvgIpc) is 2.76. The number of aromatic nitrogens is 1. The van der Waals surface area contributed by atoms with Crippen molar-refractivity contribution in [2.75, 3.05) is 11.5 Å². The third-order valence-corrected chi connectivity index (χ3v) is 6.30. The van der Waals surface area contributed by atoms with Crippen LogP contribution in [0.1, 0.15) is 23.3 Å². The molecule has 1 aromatic heterocycles. The van der Waals surface area contributed by atoms with Gasteiger partial charge in [-0.05, 0) is 18.9 Å². The summed E-state index contributed by atoms with van der Waals surface area (Å²) in [7, 11) is -7.16. The van der Waals surface area contributed by atoms with E-state index >= 15 is 0 Å². The number of H-pyrrole nitrogens is 1. The van der Waals surface area contributed by atoms with Gasteiger partial charge in [0.1, 0.15) is 10.6 Å². The van der Waals surface area contributed by atoms with Crippen LogP contribution in [0.5, 0.6) is 0 Å². The average molecular weight is 322 g/mol. The van der Waals surface area contributed by atoms with Crippen molar-refractivity contribution in [2.24, 2.45) is 0 Å². The molecule has 0 aromatic carbocycles. The summed E-state index contributed by atoms with van der Waals surface area (Å²) in [4.78, 5) is 12.8. The van der Waals surface area contributed by atoms with Gasteiger partial charge in [0.15, 0.2) is 9.84 Å². The molecule has 0 spiro atoms. The van der Waals surface area contributed by atoms with E-state index < -0.39 is 31.9 Å². The van der Waals surface area contributed by atoms with Gasteiger partial charge in [-0.15, -0.1) is 0 Å². The molecule has 1 aliphatic heterocycles. The van der Waals surface area contributed by atoms with Gasteiger partial charge in [-0.3, -0.25) is 0 Å². The fourth-order valence-electron chi connectivity index (χ4n) is 2.06. The van der Waals surface area contributed by atoms with Gasteiger partial charge in [0.2, 0.25) is 10.0 Å². The molecule has 0 saturated carbocycles. The lowest BCUT2D eigenvalue weighted by Gasteiger charge is -2.22. The second-order valence-electron chi connectivity index (χ2n) is 4.63. The summed E-state index contributed by atoms with van der Waals surface area (Å²) < 4.78 is 49.3. The van der Waals surface area contributed by atoms with E-state index in [9.17, 15) is 21.6 Å². The van der Waals surface area contributed by atoms with E-state index in [0.29, 0.717) is 12.8 Å². The van der Waals surface area contributed by atoms with E-state index in [1.165, 1.54) is 0 Å². The van der Waals surface area contributed by atoms with E-state index in [4.69, 9.17) is 5.11 Å². The first-order chi connectivity index (χ1) is 9.20. The number of nitrogens with one attached hydrogen (secondary N) is 2. The second kappa shape index (κ2) is 5.19. The quantitative estimate of drug-likeness (QED) is 0.688. The third-order valence-electron chi connectivity index (χ3n) is 2.98. The van der Waals surface area contributed by atoms with E-state index in [0.717, 1.165) is 12.3 Å². The molecular formula is C10H14N2O6S2. The molecule has 2 heterocycles. The highest BCUT2D eigenvalue weighted by atomic mass is 32.2. The molecule has 0 aliphatic carbocycles. The predicted octanol–water partition coefficient (Wildman–Crippen LogP) is -0.432. The van der Waals surface area contributed by atoms with Gasteiger partial charge in [0.05, 0.1) is 11.5 Å². The number of aromatic carboxylic acids is 1. The Labute approximate surface area is 116 Å². The SMILES string of the molecule is O=C(O)c1cc(S(=O)(=O)NC2CCCS(=O)(=O)C2)c[nH]1. The van der Waals surface area contributed by atoms with Crippen LogP contribution >= 0.6 is 0 Å². The molecule has 8 nitrogen and oxygen atoms in total. The molecule has 1 aromatic rings. The molecule has 0 radical (unpaired) electrons. The number of hydrogen-bond acceptors (Lipinski definition) is 5. The van der Waals surface area contributed by atoms with Crippen LogP contribution in [-0.2, 0) is 19.9 Å². The maximum Gasteiger partial charge on any atom is 0.352 e. The molecule has 2 rings (SSSR count). The summed E-state index contributed by atoms with van der Waals surface area (Å²) in [6, 6.07) is 0.309. The Morgan fingerprint density at radius 3 is 2.70 bits per heavy atom. The van der Waals surface area contributed by atoms with Crippen molar-refractivity contribution in [2.45, 2.75) is 23.8 Å². The van der Waals surface area contributed by atoms with E-state index in [-0.39, 0.29) is 22.1 Å². The lowest BCUT2D eigenvalue weighted by Crippen LogP contribution is -2.43. The number of rotatable bonds is 4. The van der Waals surface area contributed by atoms with Crippen molar-refractivity contribution >= 4 is 25.8 Å². The van der Waals surface area contributed by atoms with Crippen LogP contribution in [0.2, 0.25) is 0 Å². The normalized spacial score (nSPS) is 22.5. The molecule has 10 heteroatoms. The monoisotopic (exact) mass is 322 g/mol. The van der Waals surface area contributed by atoms with Crippen molar-refractivity contribution in [3.05, 3.63) is 18.0 Å². The minimum Gasteiger partial charge on any atom is -0.477 e. The third kappa shape index (κ3) is 3.38. The van der Waals surface area contributed by atoms with Gasteiger partial charge >= 0.3 is 5.97 Å². The zero-order chi connectivity index (χ0) is 15.0. The molecule has 112 valence electrons. The zero-order valence-electron chi connectivity index (χ0n) is 10.4. The fraction of sp³-hybridized carbons (Fsp3) is 0.500. The van der Waals surface area contributed by atoms with Crippen molar-refractivity contribution in [3.63, 3.8) is 0 Å². The van der Waals surface area contributed by atoms with Crippen LogP contribution < -0.4 is 4.72 Å². The summed E-state index contributed by atoms with van der Waals surface area (Å²) in [5.74, 6) is -1.44. The second-order valence-corrected chi connectivity index (χ2v) is 8.57. The van der Waals surface area contributed by atoms with Crippen LogP contribution in [0.4, 0.5) is 0 Å². The topological polar surface area (TPSA) is 133 Å². The van der Waals surface area contributed by atoms with Crippen molar-refractivity contribution in [1.82, 2.24) is 9.71 Å². The van der Waals surface area contributed by atoms with Gasteiger partial charge in [-0.25, -0.2) is 26.4 Å². The van der Waals surface area contributed by atoms with Crippen molar-refractivity contribution < 1.29 is 26.7 Å². The summed E-state index contributed by atoms with van der Waals surface area (Å²) in [5.41, 5.74) is -0.248. The Hall–Kier alpha value is -1.39. The van der Waals surface area contributed by atoms with Crippen molar-refractivity contribution in [3.8, 4) is 0 Å². The lowest BCUT2D eigenvalue weighted by atomic mass is 10.2. The Balaban J connectivity index is 2.16. The number of carboxylic acid groups (broad SMARTS) is 1. The van der Waals surface area contributed by atoms with Crippen LogP contribution in [0, 0.1) is 0 Å². The van der Waals surface area contributed by atoms with E-state index in [2.05, 4.69) is 9.71 Å². The van der Waals surface area contributed by atoms with Crippen LogP contribution in [0.3, 0.4) is 0 Å². The Morgan fingerprint density at radius 1 is 1.45 bits per heavy atom. The van der Waals surface area contributed by atoms with Gasteiger partial charge in [-0.2, -0.15) is 0 Å². The minimum atomic E-state index is -3.93. The molecule has 1 aliphatic rings. The highest BCUT2D eigenvalue weighted by Crippen LogP contribution is 2.16. The standard InChI is InChI=1S/C10H14N2O6S2/c13-10(14)9-4-8(5-11-9)20(17,18)12-7-2-1-3-19(15,16)6-7/h4-5,7,11-12H,1-3,6H2,(H,13,14). The molecule has 1 fully saturated rings. The van der Waals surface area contributed by atoms with Gasteiger partial charge < -0.3 is 10.1 Å². The molecule has 0 amide bonds. The predicted molar refractivity (Wildman–Crippen MR) is 69.7 cm³/mol. The number of aromatic amines is 1. The maximum atomic E-state index is 12.0. The first kappa shape index (κ1) is 15.0. The first-order valence-corrected chi connectivity index (χ1v) is 9.14. The molecule has 1 saturated heterocycles. The first-order valence-electron chi connectivity index (χ1n) is 5.84. The Bertz CT molecular complexity index is 719. The van der Waals surface area contributed by atoms with Gasteiger partial charge in [-0.1, -0.05) is 0 Å². The lowest BCUT2D eigenvalue weighted by molar-refractivity contribution is 0.0691. The largest absolute Gasteiger partial charge is 0.477 e. The molecule has 1 unspecified atom stereocenters. The summed E-state index contributed by atoms with van der Waals surface area (Å²) >= 11 is 0. The molecule has 1 atom stereocenters. The zero-order valence-corrected chi connectivity index (χ0v) is 12.0. The minimum absolute atomic E-state index is 0.0680. The number of carbonyl (C=O) groups is 1. The summed E-state index contributed by atoms with van der Waals surface area (Å²) in [6.45, 7) is 0. The summed E-state index contributed by atoms with van der Waals surface area (Å²) in [5, 5.41) is 8.73. The van der Waals surface area contributed by atoms with E-state index in [1.54, 1.807) is 0 Å². The summed E-state index contributed by atoms with van der Waals surface area (Å²) in [6.07, 6.45) is 1.90. The van der Waals surface area contributed by atoms with E-state index in [1.807, 2.05) is 0 Å². The number of sulfone groups is 1. The van der Waals surface area contributed by atoms with Crippen LogP contribution in [0.15, 0.2) is 17.2 Å². The molecular weight excluding hydrogens is 308 g/mol. The number of carboxylic acids is 1. The van der Waals surface area contributed by atoms with Crippen LogP contribution in [0.25, 0.3) is 0 Å². The fourth-order valence-corrected chi connectivity index (χ4v) is 5.06. The number of hydrogen-bond donors (Lipinski definition) is 3. The maximum absolute atomic E-state index is 12.0. The highest BCUT2D eigenvalue weighted by molar-refractivity contribution is 7.91. The molecule has 20 heavy (non-hydrogen) atoms. The number of sulfonamides is 1. The molecule has 0 bridgehead atoms. The molecule has 3 N–H and O–H groups in total. The Kier molecular flexibility index (Phi) is 3.89. The van der Waals surface area contributed by atoms with Gasteiger partial charge in [0, 0.05) is 12.2 Å². The van der Waals surface area contributed by atoms with Crippen LogP contribution in [-0.4, -0.2) is 50.4 Å². The highest BCUT2D eigenvalue weighted by Gasteiger charge is 2.29. The van der Waals surface area contributed by atoms with Gasteiger partial charge in [0.25, 0.3) is 0 Å². The van der Waals surface area contributed by atoms with Crippen molar-refractivity contribution in [1.29, 1.82) is 0 Å². The Morgan fingerprint density at radius 2 is 2.15 bits per heavy atom. The smallest absolute Gasteiger partial charge is 0.352 e.